The van der Waals surface area contributed by atoms with Crippen molar-refractivity contribution in [3.05, 3.63) is 98.9 Å². The Hall–Kier alpha value is -3.93. The molecule has 16 heteroatoms. The number of aryl methyl sites for hydroxylation is 2. The number of hydrogen-bond acceptors (Lipinski definition) is 10. The first kappa shape index (κ1) is 32.0. The summed E-state index contributed by atoms with van der Waals surface area (Å²) in [4.78, 5) is 20.8. The van der Waals surface area contributed by atoms with E-state index in [0.717, 1.165) is 39.8 Å². The predicted octanol–water partition coefficient (Wildman–Crippen LogP) is 6.57. The quantitative estimate of drug-likeness (QED) is 0.108. The number of oxazole rings is 1. The minimum Gasteiger partial charge on any atom is -0.470 e. The molecule has 43 heavy (non-hydrogen) atoms. The van der Waals surface area contributed by atoms with E-state index in [2.05, 4.69) is 78.5 Å². The minimum absolute atomic E-state index is 0.146. The number of ether oxygens (including phenoxy) is 2. The lowest BCUT2D eigenvalue weighted by Crippen LogP contribution is -2.16. The Morgan fingerprint density at radius 3 is 2.44 bits per heavy atom. The van der Waals surface area contributed by atoms with Gasteiger partial charge in [-0.25, -0.2) is 19.9 Å². The third-order valence-electron chi connectivity index (χ3n) is 5.28. The zero-order chi connectivity index (χ0) is 30.5. The van der Waals surface area contributed by atoms with Crippen LogP contribution in [0.1, 0.15) is 35.7 Å². The number of aromatic nitrogens is 8. The number of alkyl halides is 3. The second-order valence-electron chi connectivity index (χ2n) is 8.55. The summed E-state index contributed by atoms with van der Waals surface area (Å²) in [6.07, 6.45) is 12.8. The largest absolute Gasteiger partial charge is 0.573 e. The summed E-state index contributed by atoms with van der Waals surface area (Å²) < 4.78 is 55.0. The first-order chi connectivity index (χ1) is 20.7. The lowest BCUT2D eigenvalue weighted by Gasteiger charge is -2.08. The number of benzene rings is 1. The molecule has 0 saturated carbocycles. The summed E-state index contributed by atoms with van der Waals surface area (Å²) in [5, 5.41) is 7.70. The molecule has 1 aromatic carbocycles. The first-order valence-electron chi connectivity index (χ1n) is 12.6. The van der Waals surface area contributed by atoms with E-state index in [-0.39, 0.29) is 12.4 Å². The number of unbranched alkanes of at least 4 members (excludes halogenated alkanes) is 1. The van der Waals surface area contributed by atoms with Gasteiger partial charge in [0.25, 0.3) is 0 Å². The van der Waals surface area contributed by atoms with Gasteiger partial charge in [0.1, 0.15) is 32.6 Å². The summed E-state index contributed by atoms with van der Waals surface area (Å²) in [5.74, 6) is 0.411. The van der Waals surface area contributed by atoms with Gasteiger partial charge in [0.15, 0.2) is 0 Å². The number of hydrogen-bond donors (Lipinski definition) is 0. The normalized spacial score (nSPS) is 11.3. The van der Waals surface area contributed by atoms with Crippen molar-refractivity contribution in [2.75, 3.05) is 0 Å². The third-order valence-corrected chi connectivity index (χ3v) is 6.25. The van der Waals surface area contributed by atoms with Crippen molar-refractivity contribution in [2.45, 2.75) is 38.8 Å². The molecule has 5 aromatic rings. The average Bonchev–Trinajstić information content (AvgIpc) is 3.68. The van der Waals surface area contributed by atoms with E-state index in [4.69, 9.17) is 9.15 Å². The summed E-state index contributed by atoms with van der Waals surface area (Å²) in [6, 6.07) is 5.44. The van der Waals surface area contributed by atoms with Crippen LogP contribution in [0.15, 0.2) is 76.7 Å². The monoisotopic (exact) mass is 770 g/mol. The maximum atomic E-state index is 12.2. The van der Waals surface area contributed by atoms with Crippen LogP contribution in [0.5, 0.6) is 11.6 Å². The van der Waals surface area contributed by atoms with Crippen LogP contribution < -0.4 is 9.47 Å². The topological polar surface area (TPSA) is 127 Å². The Balaban J connectivity index is 0.000000458. The van der Waals surface area contributed by atoms with Gasteiger partial charge in [-0.2, -0.15) is 0 Å². The van der Waals surface area contributed by atoms with E-state index in [1.807, 2.05) is 6.20 Å². The van der Waals surface area contributed by atoms with Crippen LogP contribution in [0, 0.1) is 3.70 Å². The minimum atomic E-state index is -4.72. The highest BCUT2D eigenvalue weighted by Gasteiger charge is 2.30. The third kappa shape index (κ3) is 12.1. The summed E-state index contributed by atoms with van der Waals surface area (Å²) in [7, 11) is 0. The summed E-state index contributed by atoms with van der Waals surface area (Å²) in [6.45, 7) is 0.958. The standard InChI is InChI=1S/C23H21F3N6O3.C4H2BrIN2/c24-23(25,26)35-20-7-4-17(5-8-20)6-9-21-30-19(15-33-21)16-34-22-14-27-18(13-28-22)3-1-2-11-32-12-10-29-31-32;5-3-1-8-4(6)2-7-3/h4-10,12-15H,1-3,11,16H2;1-2H. The lowest BCUT2D eigenvalue weighted by atomic mass is 10.2. The van der Waals surface area contributed by atoms with E-state index in [9.17, 15) is 13.2 Å². The molecule has 0 amide bonds. The summed E-state index contributed by atoms with van der Waals surface area (Å²) >= 11 is 5.27. The fourth-order valence-electron chi connectivity index (χ4n) is 3.34. The Bertz CT molecular complexity index is 1530. The van der Waals surface area contributed by atoms with Crippen LogP contribution >= 0.6 is 38.5 Å². The van der Waals surface area contributed by atoms with Crippen molar-refractivity contribution in [1.29, 1.82) is 0 Å². The van der Waals surface area contributed by atoms with Crippen molar-refractivity contribution in [3.8, 4) is 11.6 Å². The maximum absolute atomic E-state index is 12.2. The molecule has 0 fully saturated rings. The molecule has 11 nitrogen and oxygen atoms in total. The molecule has 4 heterocycles. The van der Waals surface area contributed by atoms with Gasteiger partial charge in [-0.15, -0.1) is 18.3 Å². The highest BCUT2D eigenvalue weighted by Crippen LogP contribution is 2.23. The van der Waals surface area contributed by atoms with Crippen LogP contribution in [-0.2, 0) is 19.6 Å². The molecular formula is C27H23BrF3IN8O3. The summed E-state index contributed by atoms with van der Waals surface area (Å²) in [5.41, 5.74) is 2.09. The van der Waals surface area contributed by atoms with Crippen LogP contribution in [0.3, 0.4) is 0 Å². The van der Waals surface area contributed by atoms with E-state index in [1.165, 1.54) is 30.5 Å². The predicted molar refractivity (Wildman–Crippen MR) is 160 cm³/mol. The Kier molecular flexibility index (Phi) is 12.0. The molecular weight excluding hydrogens is 748 g/mol. The van der Waals surface area contributed by atoms with E-state index >= 15 is 0 Å². The highest BCUT2D eigenvalue weighted by atomic mass is 127. The van der Waals surface area contributed by atoms with Gasteiger partial charge in [-0.3, -0.25) is 9.67 Å². The fraction of sp³-hybridized carbons (Fsp3) is 0.222. The molecule has 0 radical (unpaired) electrons. The van der Waals surface area contributed by atoms with Gasteiger partial charge < -0.3 is 13.9 Å². The van der Waals surface area contributed by atoms with Crippen molar-refractivity contribution in [2.24, 2.45) is 0 Å². The lowest BCUT2D eigenvalue weighted by molar-refractivity contribution is -0.274. The Morgan fingerprint density at radius 1 is 0.953 bits per heavy atom. The number of rotatable bonds is 11. The maximum Gasteiger partial charge on any atom is 0.573 e. The average molecular weight is 771 g/mol. The van der Waals surface area contributed by atoms with Crippen LogP contribution in [0.2, 0.25) is 0 Å². The molecule has 0 spiro atoms. The SMILES string of the molecule is Brc1cnc(I)cn1.FC(F)(F)Oc1ccc(C=Cc2nc(COc3cnc(CCCCn4ccnn4)cn3)co2)cc1. The van der Waals surface area contributed by atoms with Crippen molar-refractivity contribution in [1.82, 2.24) is 39.9 Å². The molecule has 224 valence electrons. The number of nitrogens with zero attached hydrogens (tertiary/aromatic N) is 8. The highest BCUT2D eigenvalue weighted by molar-refractivity contribution is 14.1. The van der Waals surface area contributed by atoms with Gasteiger partial charge in [0.05, 0.1) is 36.7 Å². The van der Waals surface area contributed by atoms with Crippen LogP contribution in [-0.4, -0.2) is 46.3 Å². The molecule has 0 saturated heterocycles. The molecule has 0 bridgehead atoms. The molecule has 0 aliphatic carbocycles. The van der Waals surface area contributed by atoms with Gasteiger partial charge in [0.2, 0.25) is 11.8 Å². The zero-order valence-electron chi connectivity index (χ0n) is 22.2. The van der Waals surface area contributed by atoms with E-state index in [0.29, 0.717) is 23.0 Å². The molecule has 4 aromatic heterocycles. The van der Waals surface area contributed by atoms with Crippen LogP contribution in [0.25, 0.3) is 12.2 Å². The Labute approximate surface area is 265 Å². The molecule has 0 unspecified atom stereocenters. The van der Waals surface area contributed by atoms with Gasteiger partial charge in [0, 0.05) is 18.8 Å². The molecule has 0 N–H and O–H groups in total. The molecule has 0 atom stereocenters. The number of halogens is 5. The smallest absolute Gasteiger partial charge is 0.470 e. The van der Waals surface area contributed by atoms with E-state index < -0.39 is 6.36 Å². The van der Waals surface area contributed by atoms with Crippen LogP contribution in [0.4, 0.5) is 13.2 Å². The molecule has 0 aliphatic heterocycles. The van der Waals surface area contributed by atoms with Crippen molar-refractivity contribution >= 4 is 50.7 Å². The zero-order valence-corrected chi connectivity index (χ0v) is 26.0. The van der Waals surface area contributed by atoms with Crippen molar-refractivity contribution < 1.29 is 27.1 Å². The van der Waals surface area contributed by atoms with Gasteiger partial charge in [-0.1, -0.05) is 17.3 Å². The fourth-order valence-corrected chi connectivity index (χ4v) is 3.82. The Morgan fingerprint density at radius 2 is 1.79 bits per heavy atom. The second-order valence-corrected chi connectivity index (χ2v) is 10.5. The second kappa shape index (κ2) is 16.1. The molecule has 5 rings (SSSR count). The first-order valence-corrected chi connectivity index (χ1v) is 14.5. The van der Waals surface area contributed by atoms with Gasteiger partial charge in [-0.05, 0) is 81.6 Å². The van der Waals surface area contributed by atoms with Gasteiger partial charge >= 0.3 is 6.36 Å². The van der Waals surface area contributed by atoms with Crippen molar-refractivity contribution in [3.63, 3.8) is 0 Å². The van der Waals surface area contributed by atoms with E-state index in [1.54, 1.807) is 47.8 Å². The molecule has 0 aliphatic rings.